The molecular formula is C12H27N3O2. The standard InChI is InChI=1S/C12H27N3O2/c1-14(2)7-10-5-4-6-15(10)12(8-16)11(13)9-17-3/h10-12,16H,4-9,13H2,1-3H3. The van der Waals surface area contributed by atoms with Gasteiger partial charge in [-0.2, -0.15) is 0 Å². The van der Waals surface area contributed by atoms with E-state index in [-0.39, 0.29) is 18.7 Å². The molecule has 0 spiro atoms. The number of likely N-dealkylation sites (tertiary alicyclic amines) is 1. The molecule has 3 N–H and O–H groups in total. The van der Waals surface area contributed by atoms with Gasteiger partial charge < -0.3 is 20.5 Å². The maximum Gasteiger partial charge on any atom is 0.0629 e. The lowest BCUT2D eigenvalue weighted by molar-refractivity contribution is 0.0563. The zero-order valence-corrected chi connectivity index (χ0v) is 11.3. The van der Waals surface area contributed by atoms with E-state index in [9.17, 15) is 5.11 Å². The maximum absolute atomic E-state index is 9.54. The van der Waals surface area contributed by atoms with Crippen molar-refractivity contribution in [3.05, 3.63) is 0 Å². The number of nitrogens with two attached hydrogens (primary N) is 1. The van der Waals surface area contributed by atoms with E-state index < -0.39 is 0 Å². The van der Waals surface area contributed by atoms with Crippen LogP contribution in [0.15, 0.2) is 0 Å². The molecular weight excluding hydrogens is 218 g/mol. The Balaban J connectivity index is 2.59. The smallest absolute Gasteiger partial charge is 0.0629 e. The molecule has 1 saturated heterocycles. The Morgan fingerprint density at radius 3 is 2.76 bits per heavy atom. The second-order valence-corrected chi connectivity index (χ2v) is 5.17. The summed E-state index contributed by atoms with van der Waals surface area (Å²) in [6.07, 6.45) is 2.38. The van der Waals surface area contributed by atoms with Crippen molar-refractivity contribution in [1.29, 1.82) is 0 Å². The molecule has 5 heteroatoms. The third-order valence-corrected chi connectivity index (χ3v) is 3.46. The number of aliphatic hydroxyl groups is 1. The normalized spacial score (nSPS) is 25.4. The van der Waals surface area contributed by atoms with Gasteiger partial charge in [0.15, 0.2) is 0 Å². The molecule has 1 fully saturated rings. The number of hydrogen-bond donors (Lipinski definition) is 2. The molecule has 1 aliphatic heterocycles. The van der Waals surface area contributed by atoms with Gasteiger partial charge in [-0.05, 0) is 33.5 Å². The van der Waals surface area contributed by atoms with Gasteiger partial charge in [0.1, 0.15) is 0 Å². The Hall–Kier alpha value is -0.200. The Bertz CT molecular complexity index is 214. The van der Waals surface area contributed by atoms with Gasteiger partial charge in [-0.3, -0.25) is 4.90 Å². The van der Waals surface area contributed by atoms with Crippen LogP contribution in [0.3, 0.4) is 0 Å². The van der Waals surface area contributed by atoms with Crippen molar-refractivity contribution < 1.29 is 9.84 Å². The lowest BCUT2D eigenvalue weighted by Crippen LogP contribution is -2.55. The van der Waals surface area contributed by atoms with Crippen molar-refractivity contribution in [3.63, 3.8) is 0 Å². The average Bonchev–Trinajstić information content (AvgIpc) is 2.67. The first-order valence-electron chi connectivity index (χ1n) is 6.36. The summed E-state index contributed by atoms with van der Waals surface area (Å²) in [4.78, 5) is 4.54. The molecule has 0 radical (unpaired) electrons. The fourth-order valence-electron chi connectivity index (χ4n) is 2.70. The summed E-state index contributed by atoms with van der Waals surface area (Å²) in [6, 6.07) is 0.403. The van der Waals surface area contributed by atoms with E-state index in [1.54, 1.807) is 7.11 Å². The number of methoxy groups -OCH3 is 1. The van der Waals surface area contributed by atoms with Crippen LogP contribution in [0.5, 0.6) is 0 Å². The van der Waals surface area contributed by atoms with Crippen molar-refractivity contribution in [2.45, 2.75) is 31.0 Å². The van der Waals surface area contributed by atoms with Crippen LogP contribution < -0.4 is 5.73 Å². The van der Waals surface area contributed by atoms with Gasteiger partial charge in [0.05, 0.1) is 19.3 Å². The van der Waals surface area contributed by atoms with E-state index in [0.717, 1.165) is 13.1 Å². The molecule has 0 amide bonds. The minimum Gasteiger partial charge on any atom is -0.395 e. The van der Waals surface area contributed by atoms with Crippen molar-refractivity contribution in [2.75, 3.05) is 47.5 Å². The van der Waals surface area contributed by atoms with E-state index in [0.29, 0.717) is 12.6 Å². The fourth-order valence-corrected chi connectivity index (χ4v) is 2.70. The van der Waals surface area contributed by atoms with Crippen LogP contribution >= 0.6 is 0 Å². The first-order valence-corrected chi connectivity index (χ1v) is 6.36. The summed E-state index contributed by atoms with van der Waals surface area (Å²) in [5, 5.41) is 9.54. The van der Waals surface area contributed by atoms with E-state index in [2.05, 4.69) is 23.9 Å². The summed E-state index contributed by atoms with van der Waals surface area (Å²) >= 11 is 0. The van der Waals surface area contributed by atoms with Crippen LogP contribution in [0, 0.1) is 0 Å². The third-order valence-electron chi connectivity index (χ3n) is 3.46. The second-order valence-electron chi connectivity index (χ2n) is 5.17. The van der Waals surface area contributed by atoms with Crippen LogP contribution in [0.4, 0.5) is 0 Å². The Kier molecular flexibility index (Phi) is 6.37. The molecule has 3 atom stereocenters. The van der Waals surface area contributed by atoms with Gasteiger partial charge in [-0.15, -0.1) is 0 Å². The molecule has 5 nitrogen and oxygen atoms in total. The van der Waals surface area contributed by atoms with E-state index in [1.165, 1.54) is 12.8 Å². The van der Waals surface area contributed by atoms with Gasteiger partial charge >= 0.3 is 0 Å². The number of ether oxygens (including phenoxy) is 1. The molecule has 1 rings (SSSR count). The van der Waals surface area contributed by atoms with Crippen LogP contribution in [0.25, 0.3) is 0 Å². The van der Waals surface area contributed by atoms with E-state index in [1.807, 2.05) is 0 Å². The highest BCUT2D eigenvalue weighted by Gasteiger charge is 2.33. The number of aliphatic hydroxyl groups excluding tert-OH is 1. The van der Waals surface area contributed by atoms with Crippen LogP contribution in [0.2, 0.25) is 0 Å². The summed E-state index contributed by atoms with van der Waals surface area (Å²) < 4.78 is 5.09. The van der Waals surface area contributed by atoms with E-state index in [4.69, 9.17) is 10.5 Å². The lowest BCUT2D eigenvalue weighted by Gasteiger charge is -2.36. The SMILES string of the molecule is COCC(N)C(CO)N1CCCC1CN(C)C. The minimum absolute atomic E-state index is 0.0161. The molecule has 1 heterocycles. The Morgan fingerprint density at radius 2 is 2.24 bits per heavy atom. The fraction of sp³-hybridized carbons (Fsp3) is 1.00. The van der Waals surface area contributed by atoms with Crippen molar-refractivity contribution in [2.24, 2.45) is 5.73 Å². The Labute approximate surface area is 105 Å². The molecule has 0 aromatic rings. The second kappa shape index (κ2) is 7.28. The highest BCUT2D eigenvalue weighted by Crippen LogP contribution is 2.21. The molecule has 0 aliphatic carbocycles. The van der Waals surface area contributed by atoms with E-state index >= 15 is 0 Å². The van der Waals surface area contributed by atoms with Gasteiger partial charge in [-0.1, -0.05) is 0 Å². The topological polar surface area (TPSA) is 62.0 Å². The quantitative estimate of drug-likeness (QED) is 0.624. The summed E-state index contributed by atoms with van der Waals surface area (Å²) in [5.41, 5.74) is 6.07. The molecule has 0 saturated carbocycles. The zero-order valence-electron chi connectivity index (χ0n) is 11.3. The first-order chi connectivity index (χ1) is 8.10. The molecule has 0 aromatic carbocycles. The number of likely N-dealkylation sites (N-methyl/N-ethyl adjacent to an activating group) is 1. The maximum atomic E-state index is 9.54. The molecule has 17 heavy (non-hydrogen) atoms. The van der Waals surface area contributed by atoms with Crippen molar-refractivity contribution in [3.8, 4) is 0 Å². The summed E-state index contributed by atoms with van der Waals surface area (Å²) in [7, 11) is 5.81. The highest BCUT2D eigenvalue weighted by molar-refractivity contribution is 4.90. The molecule has 102 valence electrons. The predicted molar refractivity (Wildman–Crippen MR) is 69.0 cm³/mol. The largest absolute Gasteiger partial charge is 0.395 e. The van der Waals surface area contributed by atoms with Gasteiger partial charge in [-0.25, -0.2) is 0 Å². The zero-order chi connectivity index (χ0) is 12.8. The van der Waals surface area contributed by atoms with Crippen LogP contribution in [-0.2, 0) is 4.74 Å². The highest BCUT2D eigenvalue weighted by atomic mass is 16.5. The van der Waals surface area contributed by atoms with Gasteiger partial charge in [0.25, 0.3) is 0 Å². The number of nitrogens with zero attached hydrogens (tertiary/aromatic N) is 2. The third kappa shape index (κ3) is 4.19. The first kappa shape index (κ1) is 14.9. The molecule has 0 bridgehead atoms. The van der Waals surface area contributed by atoms with Crippen LogP contribution in [-0.4, -0.2) is 80.5 Å². The monoisotopic (exact) mass is 245 g/mol. The van der Waals surface area contributed by atoms with Crippen molar-refractivity contribution >= 4 is 0 Å². The lowest BCUT2D eigenvalue weighted by atomic mass is 10.1. The minimum atomic E-state index is -0.118. The number of hydrogen-bond acceptors (Lipinski definition) is 5. The molecule has 1 aliphatic rings. The van der Waals surface area contributed by atoms with Crippen LogP contribution in [0.1, 0.15) is 12.8 Å². The summed E-state index contributed by atoms with van der Waals surface area (Å²) in [5.74, 6) is 0. The van der Waals surface area contributed by atoms with Gasteiger partial charge in [0.2, 0.25) is 0 Å². The molecule has 0 aromatic heterocycles. The van der Waals surface area contributed by atoms with Gasteiger partial charge in [0, 0.05) is 25.7 Å². The molecule has 3 unspecified atom stereocenters. The summed E-state index contributed by atoms with van der Waals surface area (Å²) in [6.45, 7) is 2.65. The van der Waals surface area contributed by atoms with Crippen molar-refractivity contribution in [1.82, 2.24) is 9.80 Å². The Morgan fingerprint density at radius 1 is 1.53 bits per heavy atom. The number of rotatable bonds is 7. The predicted octanol–water partition coefficient (Wildman–Crippen LogP) is -0.653. The average molecular weight is 245 g/mol.